The quantitative estimate of drug-likeness (QED) is 0.865. The molecule has 0 radical (unpaired) electrons. The molecule has 0 amide bonds. The van der Waals surface area contributed by atoms with E-state index in [1.807, 2.05) is 11.8 Å². The Morgan fingerprint density at radius 1 is 1.56 bits per heavy atom. The number of rotatable bonds is 3. The highest BCUT2D eigenvalue weighted by Crippen LogP contribution is 2.32. The summed E-state index contributed by atoms with van der Waals surface area (Å²) >= 11 is 0. The maximum absolute atomic E-state index is 13.2. The molecule has 2 atom stereocenters. The first-order valence-corrected chi connectivity index (χ1v) is 5.94. The second kappa shape index (κ2) is 4.94. The van der Waals surface area contributed by atoms with Gasteiger partial charge in [-0.3, -0.25) is 9.69 Å². The van der Waals surface area contributed by atoms with Crippen LogP contribution in [0.5, 0.6) is 5.75 Å². The van der Waals surface area contributed by atoms with Gasteiger partial charge in [-0.2, -0.15) is 0 Å². The van der Waals surface area contributed by atoms with Gasteiger partial charge in [-0.1, -0.05) is 0 Å². The van der Waals surface area contributed by atoms with Crippen LogP contribution in [0.1, 0.15) is 24.9 Å². The Morgan fingerprint density at radius 2 is 2.28 bits per heavy atom. The first-order chi connectivity index (χ1) is 8.49. The van der Waals surface area contributed by atoms with Gasteiger partial charge in [-0.25, -0.2) is 4.39 Å². The summed E-state index contributed by atoms with van der Waals surface area (Å²) in [4.78, 5) is 12.8. The van der Waals surface area contributed by atoms with Gasteiger partial charge >= 0.3 is 5.97 Å². The molecule has 98 valence electrons. The number of hydrogen-bond acceptors (Lipinski definition) is 3. The average molecular weight is 253 g/mol. The second-order valence-corrected chi connectivity index (χ2v) is 4.70. The molecule has 5 heteroatoms. The molecule has 2 N–H and O–H groups in total. The van der Waals surface area contributed by atoms with E-state index >= 15 is 0 Å². The van der Waals surface area contributed by atoms with Gasteiger partial charge in [-0.05, 0) is 38.1 Å². The fourth-order valence-corrected chi connectivity index (χ4v) is 2.40. The van der Waals surface area contributed by atoms with Crippen molar-refractivity contribution in [1.29, 1.82) is 0 Å². The van der Waals surface area contributed by atoms with Crippen LogP contribution in [0.2, 0.25) is 0 Å². The summed E-state index contributed by atoms with van der Waals surface area (Å²) in [6.45, 7) is 2.93. The van der Waals surface area contributed by atoms with Crippen LogP contribution in [0, 0.1) is 11.7 Å². The molecule has 0 saturated carbocycles. The normalized spacial score (nSPS) is 22.0. The van der Waals surface area contributed by atoms with E-state index in [0.717, 1.165) is 0 Å². The molecule has 1 saturated heterocycles. The summed E-state index contributed by atoms with van der Waals surface area (Å²) in [5.74, 6) is -1.53. The minimum absolute atomic E-state index is 0.0441. The first-order valence-electron chi connectivity index (χ1n) is 5.94. The summed E-state index contributed by atoms with van der Waals surface area (Å²) in [5, 5.41) is 18.7. The molecule has 1 fully saturated rings. The number of likely N-dealkylation sites (tertiary alicyclic amines) is 1. The van der Waals surface area contributed by atoms with E-state index in [2.05, 4.69) is 0 Å². The minimum Gasteiger partial charge on any atom is -0.508 e. The Kier molecular flexibility index (Phi) is 3.52. The molecule has 0 bridgehead atoms. The number of aliphatic carboxylic acids is 1. The Hall–Kier alpha value is -1.62. The monoisotopic (exact) mass is 253 g/mol. The number of carboxylic acids is 1. The Labute approximate surface area is 105 Å². The average Bonchev–Trinajstić information content (AvgIpc) is 2.81. The zero-order valence-corrected chi connectivity index (χ0v) is 10.1. The van der Waals surface area contributed by atoms with Gasteiger partial charge in [0.15, 0.2) is 0 Å². The molecule has 18 heavy (non-hydrogen) atoms. The van der Waals surface area contributed by atoms with Crippen LogP contribution in [0.15, 0.2) is 18.2 Å². The van der Waals surface area contributed by atoms with Crippen LogP contribution in [0.3, 0.4) is 0 Å². The van der Waals surface area contributed by atoms with Gasteiger partial charge < -0.3 is 10.2 Å². The predicted octanol–water partition coefficient (Wildman–Crippen LogP) is 2.00. The van der Waals surface area contributed by atoms with Crippen molar-refractivity contribution in [3.05, 3.63) is 29.6 Å². The van der Waals surface area contributed by atoms with Crippen molar-refractivity contribution in [2.24, 2.45) is 5.92 Å². The van der Waals surface area contributed by atoms with E-state index in [-0.39, 0.29) is 17.7 Å². The highest BCUT2D eigenvalue weighted by molar-refractivity contribution is 5.70. The van der Waals surface area contributed by atoms with Crippen molar-refractivity contribution in [2.75, 3.05) is 13.1 Å². The maximum Gasteiger partial charge on any atom is 0.307 e. The van der Waals surface area contributed by atoms with E-state index < -0.39 is 11.8 Å². The summed E-state index contributed by atoms with van der Waals surface area (Å²) in [6, 6.07) is 3.64. The lowest BCUT2D eigenvalue weighted by atomic mass is 10.1. The van der Waals surface area contributed by atoms with Gasteiger partial charge in [-0.15, -0.1) is 0 Å². The van der Waals surface area contributed by atoms with Gasteiger partial charge in [0.25, 0.3) is 0 Å². The van der Waals surface area contributed by atoms with E-state index in [9.17, 15) is 14.3 Å². The molecule has 1 aliphatic rings. The molecule has 1 aromatic rings. The third kappa shape index (κ3) is 2.46. The zero-order valence-electron chi connectivity index (χ0n) is 10.1. The third-order valence-corrected chi connectivity index (χ3v) is 3.56. The van der Waals surface area contributed by atoms with Crippen molar-refractivity contribution >= 4 is 5.97 Å². The standard InChI is InChI=1S/C13H16FNO3/c1-8(11-6-10(14)2-3-12(11)16)15-5-4-9(7-15)13(17)18/h2-3,6,8-9,16H,4-5,7H2,1H3,(H,17,18). The van der Waals surface area contributed by atoms with Crippen LogP contribution < -0.4 is 0 Å². The number of hydrogen-bond donors (Lipinski definition) is 2. The van der Waals surface area contributed by atoms with E-state index in [0.29, 0.717) is 25.1 Å². The Morgan fingerprint density at radius 3 is 2.89 bits per heavy atom. The topological polar surface area (TPSA) is 60.8 Å². The van der Waals surface area contributed by atoms with Crippen LogP contribution in [-0.4, -0.2) is 34.2 Å². The summed E-state index contributed by atoms with van der Waals surface area (Å²) in [5.41, 5.74) is 0.501. The number of aromatic hydroxyl groups is 1. The fourth-order valence-electron chi connectivity index (χ4n) is 2.40. The summed E-state index contributed by atoms with van der Waals surface area (Å²) < 4.78 is 13.2. The van der Waals surface area contributed by atoms with Crippen LogP contribution in [0.4, 0.5) is 4.39 Å². The zero-order chi connectivity index (χ0) is 13.3. The molecule has 2 rings (SSSR count). The van der Waals surface area contributed by atoms with Crippen LogP contribution in [0.25, 0.3) is 0 Å². The SMILES string of the molecule is CC(c1cc(F)ccc1O)N1CCC(C(=O)O)C1. The Bertz CT molecular complexity index is 464. The molecular weight excluding hydrogens is 237 g/mol. The van der Waals surface area contributed by atoms with Crippen molar-refractivity contribution < 1.29 is 19.4 Å². The molecular formula is C13H16FNO3. The number of phenolic OH excluding ortho intramolecular Hbond substituents is 1. The lowest BCUT2D eigenvalue weighted by Gasteiger charge is -2.25. The van der Waals surface area contributed by atoms with E-state index in [1.165, 1.54) is 18.2 Å². The fraction of sp³-hybridized carbons (Fsp3) is 0.462. The van der Waals surface area contributed by atoms with Crippen LogP contribution in [-0.2, 0) is 4.79 Å². The lowest BCUT2D eigenvalue weighted by molar-refractivity contribution is -0.141. The molecule has 1 heterocycles. The number of carbonyl (C=O) groups is 1. The first kappa shape index (κ1) is 12.8. The number of benzene rings is 1. The highest BCUT2D eigenvalue weighted by Gasteiger charge is 2.31. The molecule has 1 aromatic carbocycles. The third-order valence-electron chi connectivity index (χ3n) is 3.56. The number of carboxylic acid groups (broad SMARTS) is 1. The number of halogens is 1. The molecule has 0 aliphatic carbocycles. The molecule has 0 aromatic heterocycles. The highest BCUT2D eigenvalue weighted by atomic mass is 19.1. The largest absolute Gasteiger partial charge is 0.508 e. The smallest absolute Gasteiger partial charge is 0.307 e. The summed E-state index contributed by atoms with van der Waals surface area (Å²) in [6.07, 6.45) is 0.593. The summed E-state index contributed by atoms with van der Waals surface area (Å²) in [7, 11) is 0. The van der Waals surface area contributed by atoms with Crippen molar-refractivity contribution in [2.45, 2.75) is 19.4 Å². The van der Waals surface area contributed by atoms with Gasteiger partial charge in [0.05, 0.1) is 5.92 Å². The second-order valence-electron chi connectivity index (χ2n) is 4.70. The molecule has 4 nitrogen and oxygen atoms in total. The van der Waals surface area contributed by atoms with Crippen molar-refractivity contribution in [1.82, 2.24) is 4.90 Å². The predicted molar refractivity (Wildman–Crippen MR) is 63.8 cm³/mol. The lowest BCUT2D eigenvalue weighted by Crippen LogP contribution is -2.26. The van der Waals surface area contributed by atoms with Crippen LogP contribution >= 0.6 is 0 Å². The minimum atomic E-state index is -0.798. The number of phenols is 1. The molecule has 2 unspecified atom stereocenters. The van der Waals surface area contributed by atoms with Gasteiger partial charge in [0.1, 0.15) is 11.6 Å². The van der Waals surface area contributed by atoms with Gasteiger partial charge in [0.2, 0.25) is 0 Å². The molecule has 1 aliphatic heterocycles. The van der Waals surface area contributed by atoms with E-state index in [4.69, 9.17) is 5.11 Å². The van der Waals surface area contributed by atoms with Gasteiger partial charge in [0, 0.05) is 18.2 Å². The van der Waals surface area contributed by atoms with E-state index in [1.54, 1.807) is 0 Å². The Balaban J connectivity index is 2.15. The molecule has 0 spiro atoms. The number of nitrogens with zero attached hydrogens (tertiary/aromatic N) is 1. The maximum atomic E-state index is 13.2. The van der Waals surface area contributed by atoms with Crippen molar-refractivity contribution in [3.8, 4) is 5.75 Å². The van der Waals surface area contributed by atoms with Crippen molar-refractivity contribution in [3.63, 3.8) is 0 Å².